The average molecular weight is 716 g/mol. The van der Waals surface area contributed by atoms with Gasteiger partial charge < -0.3 is 35.6 Å². The van der Waals surface area contributed by atoms with E-state index in [1.807, 2.05) is 18.2 Å². The van der Waals surface area contributed by atoms with Crippen LogP contribution in [-0.4, -0.2) is 112 Å². The number of piperidine rings is 1. The first kappa shape index (κ1) is 38.3. The third kappa shape index (κ3) is 8.99. The fourth-order valence-electron chi connectivity index (χ4n) is 6.93. The lowest BCUT2D eigenvalue weighted by molar-refractivity contribution is -0.142. The summed E-state index contributed by atoms with van der Waals surface area (Å²) in [6, 6.07) is 6.02. The van der Waals surface area contributed by atoms with Crippen molar-refractivity contribution in [1.82, 2.24) is 35.3 Å². The number of carbonyl (C=O) groups excluding carboxylic acids is 5. The van der Waals surface area contributed by atoms with Crippen molar-refractivity contribution in [3.8, 4) is 5.75 Å². The van der Waals surface area contributed by atoms with Crippen LogP contribution in [0.1, 0.15) is 49.6 Å². The lowest BCUT2D eigenvalue weighted by Gasteiger charge is -2.42. The molecule has 0 aliphatic carbocycles. The molecule has 2 fully saturated rings. The second-order valence-electron chi connectivity index (χ2n) is 13.3. The van der Waals surface area contributed by atoms with Gasteiger partial charge in [0.1, 0.15) is 30.4 Å². The third-order valence-electron chi connectivity index (χ3n) is 9.70. The minimum atomic E-state index is -1.25. The fraction of sp³-hybridized carbons (Fsp3) is 0.559. The van der Waals surface area contributed by atoms with E-state index < -0.39 is 59.5 Å². The molecule has 4 N–H and O–H groups in total. The van der Waals surface area contributed by atoms with Gasteiger partial charge >= 0.3 is 5.69 Å². The molecule has 2 bridgehead atoms. The SMILES string of the molecule is Cc1cc(C)n(CC(=O)N2CCC3(CC2)CNC(=O)C(CO)NC(=O)[C@@H]2CCCN2C(=O)[C@H](C)NC(=O)COc2cccc(c2)C3)c(=O)n1.Cl. The maximum absolute atomic E-state index is 13.4. The van der Waals surface area contributed by atoms with E-state index in [0.717, 1.165) is 5.56 Å². The van der Waals surface area contributed by atoms with Crippen LogP contribution in [0.3, 0.4) is 0 Å². The van der Waals surface area contributed by atoms with Crippen LogP contribution in [0.2, 0.25) is 0 Å². The Bertz CT molecular complexity index is 1660. The molecular formula is C34H46ClN7O8. The van der Waals surface area contributed by atoms with E-state index in [1.165, 1.54) is 9.47 Å². The Morgan fingerprint density at radius 3 is 2.48 bits per heavy atom. The minimum absolute atomic E-state index is 0. The molecule has 3 aliphatic rings. The molecule has 0 radical (unpaired) electrons. The number of halogens is 1. The highest BCUT2D eigenvalue weighted by molar-refractivity contribution is 5.94. The first-order chi connectivity index (χ1) is 23.4. The molecule has 16 heteroatoms. The second kappa shape index (κ2) is 16.5. The molecule has 2 aromatic rings. The molecule has 1 aromatic heterocycles. The monoisotopic (exact) mass is 715 g/mol. The largest absolute Gasteiger partial charge is 0.484 e. The third-order valence-corrected chi connectivity index (χ3v) is 9.70. The van der Waals surface area contributed by atoms with E-state index in [2.05, 4.69) is 20.9 Å². The van der Waals surface area contributed by atoms with Crippen molar-refractivity contribution in [2.24, 2.45) is 5.41 Å². The molecule has 50 heavy (non-hydrogen) atoms. The van der Waals surface area contributed by atoms with Crippen LogP contribution in [0.15, 0.2) is 35.1 Å². The number of nitrogens with one attached hydrogen (secondary N) is 3. The van der Waals surface area contributed by atoms with Crippen molar-refractivity contribution in [2.45, 2.75) is 77.5 Å². The number of hydrogen-bond acceptors (Lipinski definition) is 9. The normalized spacial score (nSPS) is 23.2. The first-order valence-corrected chi connectivity index (χ1v) is 16.7. The van der Waals surface area contributed by atoms with Crippen LogP contribution < -0.4 is 26.4 Å². The second-order valence-corrected chi connectivity index (χ2v) is 13.3. The van der Waals surface area contributed by atoms with Crippen molar-refractivity contribution in [2.75, 3.05) is 39.4 Å². The predicted molar refractivity (Wildman–Crippen MR) is 183 cm³/mol. The van der Waals surface area contributed by atoms with Crippen LogP contribution in [0.5, 0.6) is 5.75 Å². The number of ether oxygens (including phenoxy) is 1. The van der Waals surface area contributed by atoms with Crippen molar-refractivity contribution < 1.29 is 33.8 Å². The highest BCUT2D eigenvalue weighted by atomic mass is 35.5. The topological polar surface area (TPSA) is 192 Å². The molecule has 3 aliphatic heterocycles. The van der Waals surface area contributed by atoms with Gasteiger partial charge in [0.15, 0.2) is 6.61 Å². The number of aromatic nitrogens is 2. The van der Waals surface area contributed by atoms with Crippen LogP contribution in [-0.2, 0) is 36.9 Å². The Balaban J connectivity index is 0.00000562. The smallest absolute Gasteiger partial charge is 0.348 e. The molecule has 2 saturated heterocycles. The van der Waals surface area contributed by atoms with Gasteiger partial charge in [-0.05, 0) is 82.1 Å². The highest BCUT2D eigenvalue weighted by Crippen LogP contribution is 2.36. The molecule has 4 heterocycles. The van der Waals surface area contributed by atoms with E-state index >= 15 is 0 Å². The molecule has 1 unspecified atom stereocenters. The number of hydrogen-bond donors (Lipinski definition) is 4. The zero-order valence-corrected chi connectivity index (χ0v) is 29.4. The van der Waals surface area contributed by atoms with E-state index in [4.69, 9.17) is 4.74 Å². The van der Waals surface area contributed by atoms with Crippen molar-refractivity contribution in [3.05, 3.63) is 57.8 Å². The van der Waals surface area contributed by atoms with Gasteiger partial charge in [-0.2, -0.15) is 4.98 Å². The van der Waals surface area contributed by atoms with E-state index in [0.29, 0.717) is 68.9 Å². The van der Waals surface area contributed by atoms with E-state index in [1.54, 1.807) is 37.8 Å². The Hall–Kier alpha value is -4.50. The van der Waals surface area contributed by atoms with Crippen LogP contribution in [0, 0.1) is 19.3 Å². The number of likely N-dealkylation sites (tertiary alicyclic amines) is 1. The summed E-state index contributed by atoms with van der Waals surface area (Å²) in [5, 5.41) is 18.3. The average Bonchev–Trinajstić information content (AvgIpc) is 3.57. The molecule has 1 spiro atoms. The van der Waals surface area contributed by atoms with Crippen molar-refractivity contribution >= 4 is 41.9 Å². The van der Waals surface area contributed by atoms with Gasteiger partial charge in [0.25, 0.3) is 5.91 Å². The molecule has 272 valence electrons. The zero-order valence-electron chi connectivity index (χ0n) is 28.6. The molecule has 15 nitrogen and oxygen atoms in total. The van der Waals surface area contributed by atoms with Crippen molar-refractivity contribution in [3.63, 3.8) is 0 Å². The number of aliphatic hydroxyl groups is 1. The minimum Gasteiger partial charge on any atom is -0.484 e. The van der Waals surface area contributed by atoms with Crippen LogP contribution >= 0.6 is 12.4 Å². The number of benzene rings is 1. The van der Waals surface area contributed by atoms with Gasteiger partial charge in [-0.3, -0.25) is 28.5 Å². The standard InChI is InChI=1S/C34H45N7O8.ClH/c1-21-14-22(2)41(33(48)36-21)17-29(44)39-12-9-34(10-13-39)16-24-6-4-7-25(15-24)49-19-28(43)37-23(3)32(47)40-11-5-8-27(40)31(46)38-26(18-42)30(45)35-20-34;/h4,6-7,14-15,23,26-27,42H,5,8-13,16-20H2,1-3H3,(H,35,45)(H,37,43)(H,38,46);1H/t23-,26?,27-;/m0./s1. The lowest BCUT2D eigenvalue weighted by atomic mass is 9.73. The number of amides is 5. The van der Waals surface area contributed by atoms with Gasteiger partial charge in [-0.1, -0.05) is 12.1 Å². The summed E-state index contributed by atoms with van der Waals surface area (Å²) < 4.78 is 7.14. The van der Waals surface area contributed by atoms with Gasteiger partial charge in [0, 0.05) is 37.6 Å². The fourth-order valence-corrected chi connectivity index (χ4v) is 6.93. The summed E-state index contributed by atoms with van der Waals surface area (Å²) in [5.41, 5.74) is 1.12. The molecule has 1 aromatic carbocycles. The molecule has 5 rings (SSSR count). The number of carbonyl (C=O) groups is 5. The summed E-state index contributed by atoms with van der Waals surface area (Å²) >= 11 is 0. The predicted octanol–water partition coefficient (Wildman–Crippen LogP) is -0.385. The molecule has 5 amide bonds. The number of nitrogens with zero attached hydrogens (tertiary/aromatic N) is 4. The quantitative estimate of drug-likeness (QED) is 0.328. The summed E-state index contributed by atoms with van der Waals surface area (Å²) in [6.07, 6.45) is 2.47. The summed E-state index contributed by atoms with van der Waals surface area (Å²) in [5.74, 6) is -1.81. The number of rotatable bonds is 3. The number of aryl methyl sites for hydroxylation is 2. The zero-order chi connectivity index (χ0) is 35.3. The Kier molecular flexibility index (Phi) is 12.6. The molecule has 3 atom stereocenters. The number of aliphatic hydroxyl groups excluding tert-OH is 1. The van der Waals surface area contributed by atoms with Crippen LogP contribution in [0.4, 0.5) is 0 Å². The number of fused-ring (bicyclic) bond motifs is 3. The first-order valence-electron chi connectivity index (χ1n) is 16.7. The van der Waals surface area contributed by atoms with E-state index in [9.17, 15) is 33.9 Å². The maximum Gasteiger partial charge on any atom is 0.348 e. The van der Waals surface area contributed by atoms with Gasteiger partial charge in [0.05, 0.1) is 6.61 Å². The van der Waals surface area contributed by atoms with Crippen molar-refractivity contribution in [1.29, 1.82) is 0 Å². The Labute approximate surface area is 296 Å². The van der Waals surface area contributed by atoms with Gasteiger partial charge in [-0.25, -0.2) is 4.79 Å². The summed E-state index contributed by atoms with van der Waals surface area (Å²) in [4.78, 5) is 85.5. The Morgan fingerprint density at radius 2 is 1.78 bits per heavy atom. The Morgan fingerprint density at radius 1 is 1.04 bits per heavy atom. The van der Waals surface area contributed by atoms with Crippen LogP contribution in [0.25, 0.3) is 0 Å². The summed E-state index contributed by atoms with van der Waals surface area (Å²) in [6.45, 7) is 5.20. The highest BCUT2D eigenvalue weighted by Gasteiger charge is 2.40. The van der Waals surface area contributed by atoms with E-state index in [-0.39, 0.29) is 38.0 Å². The molecular weight excluding hydrogens is 670 g/mol. The maximum atomic E-state index is 13.4. The molecule has 0 saturated carbocycles. The lowest BCUT2D eigenvalue weighted by Crippen LogP contribution is -2.57. The van der Waals surface area contributed by atoms with Gasteiger partial charge in [-0.15, -0.1) is 12.4 Å². The van der Waals surface area contributed by atoms with Gasteiger partial charge in [0.2, 0.25) is 23.6 Å². The summed E-state index contributed by atoms with van der Waals surface area (Å²) in [7, 11) is 0.